The number of hydrogen-bond donors (Lipinski definition) is 2. The highest BCUT2D eigenvalue weighted by Crippen LogP contribution is 2.27. The third-order valence-corrected chi connectivity index (χ3v) is 6.68. The van der Waals surface area contributed by atoms with E-state index in [1.165, 1.54) is 0 Å². The van der Waals surface area contributed by atoms with Crippen LogP contribution < -0.4 is 10.1 Å². The van der Waals surface area contributed by atoms with E-state index in [2.05, 4.69) is 31.4 Å². The first-order valence-corrected chi connectivity index (χ1v) is 13.2. The van der Waals surface area contributed by atoms with Gasteiger partial charge in [0.25, 0.3) is 5.91 Å². The van der Waals surface area contributed by atoms with Crippen molar-refractivity contribution >= 4 is 22.5 Å². The molecule has 3 heterocycles. The zero-order valence-corrected chi connectivity index (χ0v) is 22.5. The molecule has 1 atom stereocenters. The second kappa shape index (κ2) is 12.5. The number of amides is 1. The molecule has 0 bridgehead atoms. The third-order valence-electron chi connectivity index (χ3n) is 6.68. The van der Waals surface area contributed by atoms with E-state index in [0.717, 1.165) is 41.3 Å². The summed E-state index contributed by atoms with van der Waals surface area (Å²) in [7, 11) is 1.60. The van der Waals surface area contributed by atoms with E-state index in [1.807, 2.05) is 39.0 Å². The van der Waals surface area contributed by atoms with E-state index in [-0.39, 0.29) is 23.8 Å². The highest BCUT2D eigenvalue weighted by molar-refractivity contribution is 5.94. The van der Waals surface area contributed by atoms with Gasteiger partial charge in [-0.2, -0.15) is 5.10 Å². The van der Waals surface area contributed by atoms with Crippen LogP contribution in [0.15, 0.2) is 49.1 Å². The van der Waals surface area contributed by atoms with Gasteiger partial charge in [-0.25, -0.2) is 9.97 Å². The molecule has 4 aromatic rings. The molecule has 0 saturated carbocycles. The number of nitrogens with one attached hydrogen (secondary N) is 2. The van der Waals surface area contributed by atoms with Gasteiger partial charge in [-0.1, -0.05) is 31.9 Å². The zero-order valence-electron chi connectivity index (χ0n) is 22.5. The molecule has 1 amide bonds. The number of aromatic nitrogens is 5. The number of rotatable bonds is 13. The first kappa shape index (κ1) is 27.0. The average Bonchev–Trinajstić information content (AvgIpc) is 3.62. The van der Waals surface area contributed by atoms with E-state index in [1.54, 1.807) is 36.6 Å². The van der Waals surface area contributed by atoms with Crippen LogP contribution in [0.2, 0.25) is 0 Å². The van der Waals surface area contributed by atoms with Crippen LogP contribution in [0.25, 0.3) is 22.0 Å². The molecule has 4 rings (SSSR count). The summed E-state index contributed by atoms with van der Waals surface area (Å²) >= 11 is 0. The molecule has 0 saturated heterocycles. The van der Waals surface area contributed by atoms with Gasteiger partial charge in [0.2, 0.25) is 5.88 Å². The second-order valence-electron chi connectivity index (χ2n) is 9.79. The Labute approximate surface area is 223 Å². The fourth-order valence-electron chi connectivity index (χ4n) is 4.34. The Morgan fingerprint density at radius 3 is 2.63 bits per heavy atom. The molecule has 1 aromatic carbocycles. The number of unbranched alkanes of at least 4 members (excludes halogenated alkanes) is 2. The molecule has 2 N–H and O–H groups in total. The van der Waals surface area contributed by atoms with Gasteiger partial charge >= 0.3 is 0 Å². The van der Waals surface area contributed by atoms with Gasteiger partial charge in [0.15, 0.2) is 0 Å². The normalized spacial score (nSPS) is 12.1. The minimum Gasteiger partial charge on any atom is -0.481 e. The highest BCUT2D eigenvalue weighted by atomic mass is 16.5. The lowest BCUT2D eigenvalue weighted by atomic mass is 10.0. The number of carbonyl (C=O) groups excluding carboxylic acids is 2. The maximum Gasteiger partial charge on any atom is 0.255 e. The standard InChI is InChI=1S/C29H36N6O3/c1-5-24(36)9-7-6-8-10-25(34-29(37)23-16-32-35(18-23)19(2)3)28-31-17-26(33-28)21-12-11-20-14-27(38-4)30-15-22(20)13-21/h11-19,25H,5-10H2,1-4H3,(H,31,33)(H,34,37)/t25-/m0/s1. The highest BCUT2D eigenvalue weighted by Gasteiger charge is 2.20. The number of pyridine rings is 1. The Morgan fingerprint density at radius 2 is 1.89 bits per heavy atom. The number of carbonyl (C=O) groups is 2. The largest absolute Gasteiger partial charge is 0.481 e. The SMILES string of the molecule is CCC(=O)CCCCC[C@H](NC(=O)c1cnn(C(C)C)c1)c1ncc(-c2ccc3cc(OC)ncc3c2)[nH]1. The van der Waals surface area contributed by atoms with Crippen molar-refractivity contribution in [1.29, 1.82) is 0 Å². The third kappa shape index (κ3) is 6.65. The van der Waals surface area contributed by atoms with Gasteiger partial charge in [-0.15, -0.1) is 0 Å². The summed E-state index contributed by atoms with van der Waals surface area (Å²) in [6, 6.07) is 7.88. The number of hydrogen-bond acceptors (Lipinski definition) is 6. The number of ketones is 1. The van der Waals surface area contributed by atoms with Gasteiger partial charge in [0.05, 0.1) is 36.8 Å². The number of Topliss-reactive ketones (excluding diaryl/α,β-unsaturated/α-hetero) is 1. The smallest absolute Gasteiger partial charge is 0.255 e. The van der Waals surface area contributed by atoms with Crippen LogP contribution in [0.1, 0.15) is 87.6 Å². The van der Waals surface area contributed by atoms with Crippen molar-refractivity contribution in [1.82, 2.24) is 30.0 Å². The maximum absolute atomic E-state index is 13.1. The lowest BCUT2D eigenvalue weighted by molar-refractivity contribution is -0.118. The Balaban J connectivity index is 1.51. The first-order chi connectivity index (χ1) is 18.4. The van der Waals surface area contributed by atoms with E-state index in [0.29, 0.717) is 36.5 Å². The number of benzene rings is 1. The van der Waals surface area contributed by atoms with Crippen molar-refractivity contribution in [3.8, 4) is 17.1 Å². The molecule has 0 aliphatic heterocycles. The van der Waals surface area contributed by atoms with Crippen LogP contribution in [-0.2, 0) is 4.79 Å². The van der Waals surface area contributed by atoms with E-state index >= 15 is 0 Å². The predicted octanol–water partition coefficient (Wildman–Crippen LogP) is 5.81. The number of fused-ring (bicyclic) bond motifs is 1. The van der Waals surface area contributed by atoms with Gasteiger partial charge < -0.3 is 15.0 Å². The summed E-state index contributed by atoms with van der Waals surface area (Å²) in [6.45, 7) is 5.93. The molecule has 0 aliphatic rings. The summed E-state index contributed by atoms with van der Waals surface area (Å²) in [5, 5.41) is 9.47. The van der Waals surface area contributed by atoms with Crippen molar-refractivity contribution in [3.63, 3.8) is 0 Å². The Morgan fingerprint density at radius 1 is 1.05 bits per heavy atom. The summed E-state index contributed by atoms with van der Waals surface area (Å²) in [5.41, 5.74) is 2.35. The van der Waals surface area contributed by atoms with Gasteiger partial charge in [0.1, 0.15) is 11.6 Å². The van der Waals surface area contributed by atoms with Crippen LogP contribution in [0, 0.1) is 0 Å². The van der Waals surface area contributed by atoms with Crippen molar-refractivity contribution < 1.29 is 14.3 Å². The van der Waals surface area contributed by atoms with Crippen molar-refractivity contribution in [3.05, 3.63) is 60.4 Å². The Bertz CT molecular complexity index is 1390. The monoisotopic (exact) mass is 516 g/mol. The zero-order chi connectivity index (χ0) is 27.1. The molecule has 38 heavy (non-hydrogen) atoms. The van der Waals surface area contributed by atoms with Crippen LogP contribution in [0.5, 0.6) is 5.88 Å². The van der Waals surface area contributed by atoms with E-state index < -0.39 is 0 Å². The van der Waals surface area contributed by atoms with Gasteiger partial charge in [0, 0.05) is 48.3 Å². The maximum atomic E-state index is 13.1. The second-order valence-corrected chi connectivity index (χ2v) is 9.79. The van der Waals surface area contributed by atoms with Crippen molar-refractivity contribution in [2.24, 2.45) is 0 Å². The Kier molecular flexibility index (Phi) is 8.89. The van der Waals surface area contributed by atoms with Crippen molar-refractivity contribution in [2.45, 2.75) is 71.4 Å². The summed E-state index contributed by atoms with van der Waals surface area (Å²) < 4.78 is 6.99. The number of nitrogens with zero attached hydrogens (tertiary/aromatic N) is 4. The topological polar surface area (TPSA) is 115 Å². The average molecular weight is 517 g/mol. The summed E-state index contributed by atoms with van der Waals surface area (Å²) in [6.07, 6.45) is 11.5. The van der Waals surface area contributed by atoms with Crippen molar-refractivity contribution in [2.75, 3.05) is 7.11 Å². The molecule has 9 nitrogen and oxygen atoms in total. The lowest BCUT2D eigenvalue weighted by Gasteiger charge is -2.16. The number of H-pyrrole nitrogens is 1. The van der Waals surface area contributed by atoms with Crippen LogP contribution in [0.4, 0.5) is 0 Å². The number of aromatic amines is 1. The molecule has 0 aliphatic carbocycles. The molecule has 0 radical (unpaired) electrons. The van der Waals surface area contributed by atoms with Crippen LogP contribution in [-0.4, -0.2) is 43.5 Å². The predicted molar refractivity (Wildman–Crippen MR) is 147 cm³/mol. The van der Waals surface area contributed by atoms with Crippen LogP contribution in [0.3, 0.4) is 0 Å². The molecule has 0 spiro atoms. The number of methoxy groups -OCH3 is 1. The van der Waals surface area contributed by atoms with Gasteiger partial charge in [-0.05, 0) is 38.1 Å². The molecular weight excluding hydrogens is 480 g/mol. The van der Waals surface area contributed by atoms with E-state index in [9.17, 15) is 9.59 Å². The lowest BCUT2D eigenvalue weighted by Crippen LogP contribution is -2.29. The fourth-order valence-corrected chi connectivity index (χ4v) is 4.34. The summed E-state index contributed by atoms with van der Waals surface area (Å²) in [5.74, 6) is 1.37. The quantitative estimate of drug-likeness (QED) is 0.217. The molecule has 0 unspecified atom stereocenters. The van der Waals surface area contributed by atoms with Crippen LogP contribution >= 0.6 is 0 Å². The molecule has 0 fully saturated rings. The fraction of sp³-hybridized carbons (Fsp3) is 0.414. The number of ether oxygens (including phenoxy) is 1. The van der Waals surface area contributed by atoms with E-state index in [4.69, 9.17) is 4.74 Å². The minimum absolute atomic E-state index is 0.170. The summed E-state index contributed by atoms with van der Waals surface area (Å²) in [4.78, 5) is 37.1. The molecule has 3 aromatic heterocycles. The minimum atomic E-state index is -0.299. The Hall–Kier alpha value is -4.01. The molecular formula is C29H36N6O3. The van der Waals surface area contributed by atoms with Gasteiger partial charge in [-0.3, -0.25) is 14.3 Å². The molecule has 9 heteroatoms. The first-order valence-electron chi connectivity index (χ1n) is 13.2. The number of imidazole rings is 1. The molecule has 200 valence electrons.